The van der Waals surface area contributed by atoms with Crippen LogP contribution >= 0.6 is 12.2 Å². The second-order valence-corrected chi connectivity index (χ2v) is 8.53. The monoisotopic (exact) mass is 459 g/mol. The standard InChI is InChI=1S/C24H25N7OS/c25-22(16-3-5-17(6-4-16)28-24(33)29-18-9-12-26-13-10-18)30-23(21-2-1-11-27-21)31-14-19-7-8-20(15-31)32-19/h1-6,9-13,19-20,25,27H,7-8,14-15H2,(H2,26,28,29,33)/t19-,20+. The topological polar surface area (TPSA) is 101 Å². The zero-order chi connectivity index (χ0) is 22.6. The van der Waals surface area contributed by atoms with Gasteiger partial charge in [-0.05, 0) is 73.6 Å². The molecule has 1 aromatic carbocycles. The number of nitrogens with zero attached hydrogens (tertiary/aromatic N) is 3. The van der Waals surface area contributed by atoms with Crippen molar-refractivity contribution in [1.82, 2.24) is 14.9 Å². The van der Waals surface area contributed by atoms with Gasteiger partial charge in [-0.2, -0.15) is 0 Å². The summed E-state index contributed by atoms with van der Waals surface area (Å²) >= 11 is 5.38. The number of nitrogens with one attached hydrogen (secondary N) is 4. The minimum atomic E-state index is 0.211. The van der Waals surface area contributed by atoms with Crippen LogP contribution in [-0.2, 0) is 4.74 Å². The smallest absolute Gasteiger partial charge is 0.175 e. The maximum Gasteiger partial charge on any atom is 0.175 e. The molecule has 2 bridgehead atoms. The number of aromatic nitrogens is 2. The number of hydrogen-bond donors (Lipinski definition) is 4. The van der Waals surface area contributed by atoms with Gasteiger partial charge in [0, 0.05) is 48.6 Å². The Morgan fingerprint density at radius 2 is 1.70 bits per heavy atom. The van der Waals surface area contributed by atoms with E-state index in [9.17, 15) is 0 Å². The summed E-state index contributed by atoms with van der Waals surface area (Å²) in [6.45, 7) is 1.60. The summed E-state index contributed by atoms with van der Waals surface area (Å²) in [5, 5.41) is 15.4. The van der Waals surface area contributed by atoms with Crippen molar-refractivity contribution >= 4 is 40.4 Å². The molecule has 0 saturated carbocycles. The Bertz CT molecular complexity index is 1130. The quantitative estimate of drug-likeness (QED) is 0.269. The van der Waals surface area contributed by atoms with Crippen LogP contribution in [0.1, 0.15) is 24.1 Å². The number of amidine groups is 2. The third-order valence-electron chi connectivity index (χ3n) is 5.75. The Hall–Kier alpha value is -3.56. The molecule has 0 unspecified atom stereocenters. The molecule has 4 heterocycles. The minimum Gasteiger partial charge on any atom is -0.371 e. The largest absolute Gasteiger partial charge is 0.371 e. The average Bonchev–Trinajstić information content (AvgIpc) is 3.48. The Morgan fingerprint density at radius 3 is 2.33 bits per heavy atom. The van der Waals surface area contributed by atoms with Gasteiger partial charge in [0.15, 0.2) is 16.8 Å². The molecule has 8 nitrogen and oxygen atoms in total. The first-order valence-electron chi connectivity index (χ1n) is 10.9. The molecule has 0 amide bonds. The molecule has 2 aromatic heterocycles. The van der Waals surface area contributed by atoms with Crippen molar-refractivity contribution in [2.75, 3.05) is 23.7 Å². The molecule has 0 aliphatic carbocycles. The molecule has 168 valence electrons. The van der Waals surface area contributed by atoms with Gasteiger partial charge in [-0.25, -0.2) is 4.99 Å². The van der Waals surface area contributed by atoms with Crippen molar-refractivity contribution in [2.45, 2.75) is 25.0 Å². The fraction of sp³-hybridized carbons (Fsp3) is 0.250. The maximum absolute atomic E-state index is 8.63. The van der Waals surface area contributed by atoms with Crippen LogP contribution in [-0.4, -0.2) is 56.9 Å². The lowest BCUT2D eigenvalue weighted by Crippen LogP contribution is -2.46. The molecular weight excluding hydrogens is 434 g/mol. The number of hydrogen-bond acceptors (Lipinski definition) is 4. The molecule has 2 saturated heterocycles. The number of morpholine rings is 1. The van der Waals surface area contributed by atoms with E-state index in [2.05, 4.69) is 25.5 Å². The Labute approximate surface area is 197 Å². The summed E-state index contributed by atoms with van der Waals surface area (Å²) < 4.78 is 5.98. The van der Waals surface area contributed by atoms with E-state index in [1.165, 1.54) is 0 Å². The van der Waals surface area contributed by atoms with E-state index in [-0.39, 0.29) is 18.0 Å². The summed E-state index contributed by atoms with van der Waals surface area (Å²) in [5.41, 5.74) is 3.33. The molecule has 2 fully saturated rings. The van der Waals surface area contributed by atoms with Crippen LogP contribution in [0.4, 0.5) is 11.4 Å². The second-order valence-electron chi connectivity index (χ2n) is 8.12. The molecule has 2 atom stereocenters. The van der Waals surface area contributed by atoms with Crippen molar-refractivity contribution < 1.29 is 4.74 Å². The van der Waals surface area contributed by atoms with Crippen molar-refractivity contribution in [2.24, 2.45) is 4.99 Å². The number of rotatable bonds is 4. The lowest BCUT2D eigenvalue weighted by Gasteiger charge is -2.34. The van der Waals surface area contributed by atoms with Gasteiger partial charge in [0.2, 0.25) is 0 Å². The Kier molecular flexibility index (Phi) is 6.14. The number of benzene rings is 1. The number of aromatic amines is 1. The fourth-order valence-electron chi connectivity index (χ4n) is 4.17. The predicted octanol–water partition coefficient (Wildman–Crippen LogP) is 3.85. The predicted molar refractivity (Wildman–Crippen MR) is 134 cm³/mol. The lowest BCUT2D eigenvalue weighted by molar-refractivity contribution is -0.0155. The Morgan fingerprint density at radius 1 is 1.03 bits per heavy atom. The number of pyridine rings is 1. The van der Waals surface area contributed by atoms with E-state index in [1.807, 2.05) is 54.7 Å². The summed E-state index contributed by atoms with van der Waals surface area (Å²) in [6, 6.07) is 15.2. The highest BCUT2D eigenvalue weighted by atomic mass is 32.1. The van der Waals surface area contributed by atoms with Crippen molar-refractivity contribution in [3.05, 3.63) is 78.4 Å². The average molecular weight is 460 g/mol. The van der Waals surface area contributed by atoms with E-state index in [4.69, 9.17) is 27.4 Å². The summed E-state index contributed by atoms with van der Waals surface area (Å²) in [7, 11) is 0. The molecule has 2 aliphatic rings. The molecule has 0 radical (unpaired) electrons. The highest BCUT2D eigenvalue weighted by Crippen LogP contribution is 2.27. The van der Waals surface area contributed by atoms with Crippen LogP contribution in [0.2, 0.25) is 0 Å². The van der Waals surface area contributed by atoms with E-state index in [0.29, 0.717) is 5.11 Å². The van der Waals surface area contributed by atoms with E-state index in [0.717, 1.165) is 54.4 Å². The summed E-state index contributed by atoms with van der Waals surface area (Å²) in [6.07, 6.45) is 7.95. The van der Waals surface area contributed by atoms with Crippen LogP contribution in [0, 0.1) is 5.41 Å². The van der Waals surface area contributed by atoms with Crippen molar-refractivity contribution in [3.63, 3.8) is 0 Å². The summed E-state index contributed by atoms with van der Waals surface area (Å²) in [4.78, 5) is 14.2. The minimum absolute atomic E-state index is 0.211. The first kappa shape index (κ1) is 21.3. The van der Waals surface area contributed by atoms with E-state index in [1.54, 1.807) is 12.4 Å². The number of aliphatic imine (C=N–C) groups is 1. The highest BCUT2D eigenvalue weighted by Gasteiger charge is 2.35. The van der Waals surface area contributed by atoms with Gasteiger partial charge in [0.1, 0.15) is 0 Å². The van der Waals surface area contributed by atoms with Crippen LogP contribution in [0.3, 0.4) is 0 Å². The van der Waals surface area contributed by atoms with Gasteiger partial charge in [-0.1, -0.05) is 0 Å². The van der Waals surface area contributed by atoms with Gasteiger partial charge >= 0.3 is 0 Å². The number of H-pyrrole nitrogens is 1. The normalized spacial score (nSPS) is 19.9. The number of likely N-dealkylation sites (tertiary alicyclic amines) is 1. The molecular formula is C24H25N7OS. The lowest BCUT2D eigenvalue weighted by atomic mass is 10.2. The van der Waals surface area contributed by atoms with Gasteiger partial charge in [0.25, 0.3) is 0 Å². The summed E-state index contributed by atoms with van der Waals surface area (Å²) in [5.74, 6) is 0.998. The number of ether oxygens (including phenoxy) is 1. The zero-order valence-corrected chi connectivity index (χ0v) is 18.8. The van der Waals surface area contributed by atoms with Gasteiger partial charge in [-0.15, -0.1) is 0 Å². The Balaban J connectivity index is 1.29. The van der Waals surface area contributed by atoms with E-state index < -0.39 is 0 Å². The fourth-order valence-corrected chi connectivity index (χ4v) is 4.40. The second kappa shape index (κ2) is 9.51. The highest BCUT2D eigenvalue weighted by molar-refractivity contribution is 7.80. The number of fused-ring (bicyclic) bond motifs is 2. The van der Waals surface area contributed by atoms with Crippen LogP contribution in [0.5, 0.6) is 0 Å². The van der Waals surface area contributed by atoms with Crippen LogP contribution < -0.4 is 10.6 Å². The molecule has 4 N–H and O–H groups in total. The van der Waals surface area contributed by atoms with Gasteiger partial charge < -0.3 is 25.3 Å². The third kappa shape index (κ3) is 5.10. The number of thiocarbonyl (C=S) groups is 1. The molecule has 33 heavy (non-hydrogen) atoms. The number of anilines is 2. The first-order chi connectivity index (χ1) is 16.1. The first-order valence-corrected chi connectivity index (χ1v) is 11.3. The third-order valence-corrected chi connectivity index (χ3v) is 5.96. The van der Waals surface area contributed by atoms with Gasteiger partial charge in [-0.3, -0.25) is 10.4 Å². The van der Waals surface area contributed by atoms with Gasteiger partial charge in [0.05, 0.1) is 17.9 Å². The van der Waals surface area contributed by atoms with E-state index >= 15 is 0 Å². The van der Waals surface area contributed by atoms with Crippen molar-refractivity contribution in [3.8, 4) is 0 Å². The molecule has 5 rings (SSSR count). The van der Waals surface area contributed by atoms with Crippen LogP contribution in [0.15, 0.2) is 72.1 Å². The molecule has 2 aliphatic heterocycles. The molecule has 3 aromatic rings. The SMILES string of the molecule is N=C(N=C(c1ccc[nH]1)N1C[C@H]2CC[C@@H](C1)O2)c1ccc(NC(=S)Nc2ccncc2)cc1. The molecule has 0 spiro atoms. The zero-order valence-electron chi connectivity index (χ0n) is 18.0. The van der Waals surface area contributed by atoms with Crippen LogP contribution in [0.25, 0.3) is 0 Å². The maximum atomic E-state index is 8.63. The molecule has 9 heteroatoms. The van der Waals surface area contributed by atoms with Crippen molar-refractivity contribution in [1.29, 1.82) is 5.41 Å².